The van der Waals surface area contributed by atoms with Gasteiger partial charge < -0.3 is 15.2 Å². The Kier molecular flexibility index (Phi) is 5.17. The summed E-state index contributed by atoms with van der Waals surface area (Å²) in [6, 6.07) is 3.86. The number of aromatic amines is 1. The second-order valence-corrected chi connectivity index (χ2v) is 6.21. The van der Waals surface area contributed by atoms with E-state index in [1.807, 2.05) is 11.8 Å². The Labute approximate surface area is 125 Å². The number of aromatic nitrogens is 1. The number of nitrogens with zero attached hydrogens (tertiary/aromatic N) is 1. The lowest BCUT2D eigenvalue weighted by atomic mass is 9.97. The van der Waals surface area contributed by atoms with E-state index in [4.69, 9.17) is 0 Å². The molecule has 1 saturated heterocycles. The van der Waals surface area contributed by atoms with Crippen molar-refractivity contribution in [2.75, 3.05) is 19.6 Å². The molecule has 0 radical (unpaired) electrons. The maximum absolute atomic E-state index is 12.5. The van der Waals surface area contributed by atoms with Crippen LogP contribution in [0.3, 0.4) is 0 Å². The van der Waals surface area contributed by atoms with Gasteiger partial charge in [-0.1, -0.05) is 13.8 Å². The van der Waals surface area contributed by atoms with Crippen LogP contribution in [0, 0.1) is 12.8 Å². The highest BCUT2D eigenvalue weighted by atomic mass is 16.2. The Morgan fingerprint density at radius 2 is 2.24 bits per heavy atom. The van der Waals surface area contributed by atoms with E-state index in [1.54, 1.807) is 12.1 Å². The van der Waals surface area contributed by atoms with Gasteiger partial charge >= 0.3 is 0 Å². The van der Waals surface area contributed by atoms with Crippen molar-refractivity contribution in [1.29, 1.82) is 0 Å². The van der Waals surface area contributed by atoms with Crippen LogP contribution in [0.25, 0.3) is 0 Å². The summed E-state index contributed by atoms with van der Waals surface area (Å²) in [5, 5.41) is 3.43. The number of hydrogen-bond donors (Lipinski definition) is 2. The molecule has 0 aliphatic carbocycles. The van der Waals surface area contributed by atoms with Crippen LogP contribution in [0.2, 0.25) is 0 Å². The zero-order valence-electron chi connectivity index (χ0n) is 13.1. The van der Waals surface area contributed by atoms with E-state index < -0.39 is 0 Å². The van der Waals surface area contributed by atoms with Crippen LogP contribution in [0.4, 0.5) is 0 Å². The topological polar surface area (TPSA) is 65.2 Å². The van der Waals surface area contributed by atoms with Gasteiger partial charge in [-0.15, -0.1) is 0 Å². The lowest BCUT2D eigenvalue weighted by molar-refractivity contribution is 0.0670. The standard InChI is InChI=1S/C16H25N3O2/c1-11(2)17-9-13-5-4-8-19(10-13)16(21)14-7-6-12(3)18-15(14)20/h6-7,11,13,17H,4-5,8-10H2,1-3H3,(H,18,20). The third-order valence-electron chi connectivity index (χ3n) is 3.91. The molecule has 1 unspecified atom stereocenters. The molecule has 1 aromatic heterocycles. The molecule has 1 atom stereocenters. The van der Waals surface area contributed by atoms with Crippen LogP contribution < -0.4 is 10.9 Å². The smallest absolute Gasteiger partial charge is 0.260 e. The third-order valence-corrected chi connectivity index (χ3v) is 3.91. The van der Waals surface area contributed by atoms with Crippen molar-refractivity contribution in [3.8, 4) is 0 Å². The van der Waals surface area contributed by atoms with E-state index in [2.05, 4.69) is 24.1 Å². The van der Waals surface area contributed by atoms with Crippen LogP contribution in [0.15, 0.2) is 16.9 Å². The highest BCUT2D eigenvalue weighted by molar-refractivity contribution is 5.93. The Hall–Kier alpha value is -1.62. The van der Waals surface area contributed by atoms with Gasteiger partial charge in [0.1, 0.15) is 5.56 Å². The van der Waals surface area contributed by atoms with Crippen LogP contribution in [0.5, 0.6) is 0 Å². The zero-order chi connectivity index (χ0) is 15.4. The number of H-pyrrole nitrogens is 1. The molecule has 0 spiro atoms. The second-order valence-electron chi connectivity index (χ2n) is 6.21. The number of carbonyl (C=O) groups is 1. The first-order valence-electron chi connectivity index (χ1n) is 7.70. The van der Waals surface area contributed by atoms with E-state index in [9.17, 15) is 9.59 Å². The molecule has 0 aromatic carbocycles. The summed E-state index contributed by atoms with van der Waals surface area (Å²) in [4.78, 5) is 28.9. The minimum Gasteiger partial charge on any atom is -0.338 e. The van der Waals surface area contributed by atoms with E-state index in [-0.39, 0.29) is 17.0 Å². The molecular weight excluding hydrogens is 266 g/mol. The molecule has 1 aromatic rings. The number of aryl methyl sites for hydroxylation is 1. The summed E-state index contributed by atoms with van der Waals surface area (Å²) in [6.07, 6.45) is 2.13. The summed E-state index contributed by atoms with van der Waals surface area (Å²) >= 11 is 0. The second kappa shape index (κ2) is 6.89. The predicted molar refractivity (Wildman–Crippen MR) is 83.6 cm³/mol. The van der Waals surface area contributed by atoms with Gasteiger partial charge in [0, 0.05) is 24.8 Å². The fourth-order valence-corrected chi connectivity index (χ4v) is 2.73. The highest BCUT2D eigenvalue weighted by Crippen LogP contribution is 2.17. The minimum atomic E-state index is -0.289. The summed E-state index contributed by atoms with van der Waals surface area (Å²) in [5.41, 5.74) is 0.731. The fourth-order valence-electron chi connectivity index (χ4n) is 2.73. The summed E-state index contributed by atoms with van der Waals surface area (Å²) in [7, 11) is 0. The average molecular weight is 291 g/mol. The summed E-state index contributed by atoms with van der Waals surface area (Å²) in [5.74, 6) is 0.320. The number of pyridine rings is 1. The van der Waals surface area contributed by atoms with Crippen molar-refractivity contribution in [3.05, 3.63) is 33.7 Å². The van der Waals surface area contributed by atoms with Gasteiger partial charge in [-0.25, -0.2) is 0 Å². The highest BCUT2D eigenvalue weighted by Gasteiger charge is 2.25. The van der Waals surface area contributed by atoms with Crippen molar-refractivity contribution < 1.29 is 4.79 Å². The molecular formula is C16H25N3O2. The number of likely N-dealkylation sites (tertiary alicyclic amines) is 1. The molecule has 2 rings (SSSR count). The molecule has 1 aliphatic rings. The lowest BCUT2D eigenvalue weighted by Crippen LogP contribution is -2.45. The Bertz CT molecular complexity index is 551. The van der Waals surface area contributed by atoms with Gasteiger partial charge in [0.15, 0.2) is 0 Å². The van der Waals surface area contributed by atoms with Gasteiger partial charge in [-0.05, 0) is 44.4 Å². The number of nitrogens with one attached hydrogen (secondary N) is 2. The molecule has 5 nitrogen and oxygen atoms in total. The molecule has 1 amide bonds. The fraction of sp³-hybridized carbons (Fsp3) is 0.625. The Morgan fingerprint density at radius 1 is 1.48 bits per heavy atom. The lowest BCUT2D eigenvalue weighted by Gasteiger charge is -2.33. The first-order valence-corrected chi connectivity index (χ1v) is 7.70. The van der Waals surface area contributed by atoms with Crippen molar-refractivity contribution in [2.24, 2.45) is 5.92 Å². The molecule has 0 bridgehead atoms. The van der Waals surface area contributed by atoms with Crippen LogP contribution in [-0.4, -0.2) is 41.5 Å². The predicted octanol–water partition coefficient (Wildman–Crippen LogP) is 1.53. The number of carbonyl (C=O) groups excluding carboxylic acids is 1. The molecule has 2 N–H and O–H groups in total. The molecule has 0 saturated carbocycles. The van der Waals surface area contributed by atoms with E-state index in [0.717, 1.165) is 38.2 Å². The van der Waals surface area contributed by atoms with Gasteiger partial charge in [0.25, 0.3) is 11.5 Å². The van der Waals surface area contributed by atoms with Crippen molar-refractivity contribution in [2.45, 2.75) is 39.7 Å². The van der Waals surface area contributed by atoms with Crippen LogP contribution in [0.1, 0.15) is 42.7 Å². The summed E-state index contributed by atoms with van der Waals surface area (Å²) < 4.78 is 0. The van der Waals surface area contributed by atoms with E-state index >= 15 is 0 Å². The molecule has 21 heavy (non-hydrogen) atoms. The molecule has 5 heteroatoms. The largest absolute Gasteiger partial charge is 0.338 e. The van der Waals surface area contributed by atoms with Crippen molar-refractivity contribution in [1.82, 2.24) is 15.2 Å². The number of amides is 1. The zero-order valence-corrected chi connectivity index (χ0v) is 13.1. The van der Waals surface area contributed by atoms with Gasteiger partial charge in [0.2, 0.25) is 0 Å². The van der Waals surface area contributed by atoms with Crippen molar-refractivity contribution >= 4 is 5.91 Å². The first-order chi connectivity index (χ1) is 9.97. The van der Waals surface area contributed by atoms with E-state index in [1.165, 1.54) is 0 Å². The first kappa shape index (κ1) is 15.8. The molecule has 1 aliphatic heterocycles. The van der Waals surface area contributed by atoms with Gasteiger partial charge in [-0.3, -0.25) is 9.59 Å². The average Bonchev–Trinajstić information content (AvgIpc) is 2.45. The number of piperidine rings is 1. The maximum Gasteiger partial charge on any atom is 0.260 e. The van der Waals surface area contributed by atoms with Gasteiger partial charge in [-0.2, -0.15) is 0 Å². The van der Waals surface area contributed by atoms with Gasteiger partial charge in [0.05, 0.1) is 0 Å². The van der Waals surface area contributed by atoms with Crippen LogP contribution in [-0.2, 0) is 0 Å². The maximum atomic E-state index is 12.5. The Morgan fingerprint density at radius 3 is 2.90 bits per heavy atom. The normalized spacial score (nSPS) is 19.0. The molecule has 2 heterocycles. The third kappa shape index (κ3) is 4.17. The number of hydrogen-bond acceptors (Lipinski definition) is 3. The Balaban J connectivity index is 2.03. The monoisotopic (exact) mass is 291 g/mol. The van der Waals surface area contributed by atoms with Crippen molar-refractivity contribution in [3.63, 3.8) is 0 Å². The minimum absolute atomic E-state index is 0.148. The SMILES string of the molecule is Cc1ccc(C(=O)N2CCCC(CNC(C)C)C2)c(=O)[nH]1. The molecule has 1 fully saturated rings. The number of rotatable bonds is 4. The van der Waals surface area contributed by atoms with E-state index in [0.29, 0.717) is 12.0 Å². The summed E-state index contributed by atoms with van der Waals surface area (Å²) in [6.45, 7) is 8.45. The molecule has 116 valence electrons. The quantitative estimate of drug-likeness (QED) is 0.884. The van der Waals surface area contributed by atoms with Crippen LogP contribution >= 0.6 is 0 Å².